The maximum Gasteiger partial charge on any atom is 0.182 e. The van der Waals surface area contributed by atoms with Gasteiger partial charge in [0.1, 0.15) is 11.5 Å². The molecule has 4 nitrogen and oxygen atoms in total. The second kappa shape index (κ2) is 5.38. The van der Waals surface area contributed by atoms with Crippen molar-refractivity contribution < 1.29 is 17.2 Å². The van der Waals surface area contributed by atoms with Crippen LogP contribution in [0.1, 0.15) is 0 Å². The molecule has 1 heterocycles. The Morgan fingerprint density at radius 3 is 2.14 bits per heavy atom. The van der Waals surface area contributed by atoms with E-state index >= 15 is 0 Å². The van der Waals surface area contributed by atoms with E-state index in [0.29, 0.717) is 17.0 Å². The Hall–Kier alpha value is -2.47. The molecule has 0 N–H and O–H groups in total. The van der Waals surface area contributed by atoms with Gasteiger partial charge in [0.05, 0.1) is 4.90 Å². The van der Waals surface area contributed by atoms with E-state index in [1.807, 2.05) is 0 Å². The van der Waals surface area contributed by atoms with Crippen molar-refractivity contribution in [2.75, 3.05) is 6.26 Å². The van der Waals surface area contributed by atoms with Gasteiger partial charge in [-0.25, -0.2) is 17.8 Å². The van der Waals surface area contributed by atoms with Gasteiger partial charge in [-0.2, -0.15) is 0 Å². The maximum atomic E-state index is 13.0. The first-order chi connectivity index (χ1) is 10.4. The van der Waals surface area contributed by atoms with E-state index in [1.165, 1.54) is 30.7 Å². The Bertz CT molecular complexity index is 897. The SMILES string of the molecule is CS(=O)(=O)c1ccc(-c2ocnc2-c2ccc(F)cc2)cc1. The van der Waals surface area contributed by atoms with Crippen molar-refractivity contribution >= 4 is 9.84 Å². The van der Waals surface area contributed by atoms with Gasteiger partial charge >= 0.3 is 0 Å². The zero-order valence-electron chi connectivity index (χ0n) is 11.7. The minimum atomic E-state index is -3.24. The molecule has 0 saturated heterocycles. The quantitative estimate of drug-likeness (QED) is 0.741. The smallest absolute Gasteiger partial charge is 0.182 e. The van der Waals surface area contributed by atoms with E-state index in [1.54, 1.807) is 24.3 Å². The van der Waals surface area contributed by atoms with E-state index < -0.39 is 9.84 Å². The van der Waals surface area contributed by atoms with Gasteiger partial charge in [-0.05, 0) is 48.5 Å². The van der Waals surface area contributed by atoms with Crippen molar-refractivity contribution in [3.63, 3.8) is 0 Å². The third-order valence-electron chi connectivity index (χ3n) is 3.23. The van der Waals surface area contributed by atoms with Crippen molar-refractivity contribution in [3.8, 4) is 22.6 Å². The van der Waals surface area contributed by atoms with Crippen LogP contribution in [0.2, 0.25) is 0 Å². The molecule has 0 radical (unpaired) electrons. The number of hydrogen-bond acceptors (Lipinski definition) is 4. The lowest BCUT2D eigenvalue weighted by molar-refractivity contribution is 0.572. The molecular weight excluding hydrogens is 305 g/mol. The monoisotopic (exact) mass is 317 g/mol. The van der Waals surface area contributed by atoms with Crippen molar-refractivity contribution in [2.24, 2.45) is 0 Å². The zero-order chi connectivity index (χ0) is 15.7. The molecule has 0 fully saturated rings. The van der Waals surface area contributed by atoms with Crippen LogP contribution in [0.15, 0.2) is 64.2 Å². The fraction of sp³-hybridized carbons (Fsp3) is 0.0625. The summed E-state index contributed by atoms with van der Waals surface area (Å²) in [6, 6.07) is 12.3. The summed E-state index contributed by atoms with van der Waals surface area (Å²) in [5.41, 5.74) is 1.99. The van der Waals surface area contributed by atoms with E-state index in [9.17, 15) is 12.8 Å². The molecule has 0 saturated carbocycles. The van der Waals surface area contributed by atoms with Crippen LogP contribution in [0.3, 0.4) is 0 Å². The second-order valence-corrected chi connectivity index (χ2v) is 6.85. The van der Waals surface area contributed by atoms with Crippen LogP contribution in [-0.2, 0) is 9.84 Å². The molecule has 0 unspecified atom stereocenters. The van der Waals surface area contributed by atoms with Crippen molar-refractivity contribution in [2.45, 2.75) is 4.90 Å². The van der Waals surface area contributed by atoms with Crippen LogP contribution in [0.4, 0.5) is 4.39 Å². The molecule has 112 valence electrons. The average molecular weight is 317 g/mol. The normalized spacial score (nSPS) is 11.5. The Balaban J connectivity index is 2.03. The fourth-order valence-corrected chi connectivity index (χ4v) is 2.75. The fourth-order valence-electron chi connectivity index (χ4n) is 2.12. The van der Waals surface area contributed by atoms with E-state index in [0.717, 1.165) is 11.8 Å². The first-order valence-electron chi connectivity index (χ1n) is 6.45. The highest BCUT2D eigenvalue weighted by molar-refractivity contribution is 7.90. The lowest BCUT2D eigenvalue weighted by Gasteiger charge is -2.03. The van der Waals surface area contributed by atoms with Crippen molar-refractivity contribution in [3.05, 3.63) is 60.7 Å². The number of sulfone groups is 1. The van der Waals surface area contributed by atoms with Gasteiger partial charge in [0.25, 0.3) is 0 Å². The van der Waals surface area contributed by atoms with Gasteiger partial charge in [-0.15, -0.1) is 0 Å². The number of hydrogen-bond donors (Lipinski definition) is 0. The molecule has 0 aliphatic rings. The van der Waals surface area contributed by atoms with Gasteiger partial charge < -0.3 is 4.42 Å². The van der Waals surface area contributed by atoms with Crippen LogP contribution in [-0.4, -0.2) is 19.7 Å². The van der Waals surface area contributed by atoms with E-state index in [-0.39, 0.29) is 10.7 Å². The highest BCUT2D eigenvalue weighted by Gasteiger charge is 2.14. The summed E-state index contributed by atoms with van der Waals surface area (Å²) in [6.07, 6.45) is 2.46. The molecule has 0 amide bonds. The molecule has 0 bridgehead atoms. The molecule has 0 atom stereocenters. The molecule has 3 rings (SSSR count). The summed E-state index contributed by atoms with van der Waals surface area (Å²) in [6.45, 7) is 0. The summed E-state index contributed by atoms with van der Waals surface area (Å²) in [4.78, 5) is 4.39. The Morgan fingerprint density at radius 2 is 1.55 bits per heavy atom. The van der Waals surface area contributed by atoms with Gasteiger partial charge in [0, 0.05) is 17.4 Å². The molecular formula is C16H12FNO3S. The van der Waals surface area contributed by atoms with Gasteiger partial charge in [-0.3, -0.25) is 0 Å². The predicted octanol–water partition coefficient (Wildman–Crippen LogP) is 3.55. The molecule has 3 aromatic rings. The Morgan fingerprint density at radius 1 is 0.955 bits per heavy atom. The summed E-state index contributed by atoms with van der Waals surface area (Å²) < 4.78 is 41.4. The molecule has 1 aromatic heterocycles. The average Bonchev–Trinajstić information content (AvgIpc) is 2.97. The van der Waals surface area contributed by atoms with Crippen LogP contribution in [0.25, 0.3) is 22.6 Å². The lowest BCUT2D eigenvalue weighted by atomic mass is 10.1. The van der Waals surface area contributed by atoms with Gasteiger partial charge in [0.2, 0.25) is 0 Å². The number of aromatic nitrogens is 1. The first-order valence-corrected chi connectivity index (χ1v) is 8.34. The number of rotatable bonds is 3. The highest BCUT2D eigenvalue weighted by Crippen LogP contribution is 2.31. The molecule has 0 aliphatic heterocycles. The standard InChI is InChI=1S/C16H12FNO3S/c1-22(19,20)14-8-4-12(5-9-14)16-15(18-10-21-16)11-2-6-13(17)7-3-11/h2-10H,1H3. The number of benzene rings is 2. The number of halogens is 1. The lowest BCUT2D eigenvalue weighted by Crippen LogP contribution is -1.96. The topological polar surface area (TPSA) is 60.2 Å². The molecule has 2 aromatic carbocycles. The highest BCUT2D eigenvalue weighted by atomic mass is 32.2. The van der Waals surface area contributed by atoms with Crippen LogP contribution in [0.5, 0.6) is 0 Å². The largest absolute Gasteiger partial charge is 0.443 e. The first kappa shape index (κ1) is 14.5. The van der Waals surface area contributed by atoms with Gasteiger partial charge in [0.15, 0.2) is 22.0 Å². The third-order valence-corrected chi connectivity index (χ3v) is 4.36. The number of oxazole rings is 1. The van der Waals surface area contributed by atoms with Gasteiger partial charge in [-0.1, -0.05) is 0 Å². The van der Waals surface area contributed by atoms with Crippen molar-refractivity contribution in [1.29, 1.82) is 0 Å². The van der Waals surface area contributed by atoms with Crippen LogP contribution < -0.4 is 0 Å². The van der Waals surface area contributed by atoms with E-state index in [4.69, 9.17) is 4.42 Å². The second-order valence-electron chi connectivity index (χ2n) is 4.83. The molecule has 0 spiro atoms. The van der Waals surface area contributed by atoms with Crippen molar-refractivity contribution in [1.82, 2.24) is 4.98 Å². The van der Waals surface area contributed by atoms with Crippen LogP contribution in [0, 0.1) is 5.82 Å². The maximum absolute atomic E-state index is 13.0. The summed E-state index contributed by atoms with van der Waals surface area (Å²) in [7, 11) is -3.24. The Labute approximate surface area is 127 Å². The number of nitrogens with zero attached hydrogens (tertiary/aromatic N) is 1. The predicted molar refractivity (Wildman–Crippen MR) is 80.4 cm³/mol. The Kier molecular flexibility index (Phi) is 3.54. The molecule has 22 heavy (non-hydrogen) atoms. The summed E-state index contributed by atoms with van der Waals surface area (Å²) in [5.74, 6) is 0.179. The summed E-state index contributed by atoms with van der Waals surface area (Å²) in [5, 5.41) is 0. The van der Waals surface area contributed by atoms with Crippen LogP contribution >= 0.6 is 0 Å². The van der Waals surface area contributed by atoms with E-state index in [2.05, 4.69) is 4.98 Å². The minimum Gasteiger partial charge on any atom is -0.443 e. The molecule has 0 aliphatic carbocycles. The third kappa shape index (κ3) is 2.78. The molecule has 6 heteroatoms. The minimum absolute atomic E-state index is 0.235. The summed E-state index contributed by atoms with van der Waals surface area (Å²) >= 11 is 0. The zero-order valence-corrected chi connectivity index (χ0v) is 12.5.